The number of thioether (sulfide) groups is 1. The normalized spacial score (nSPS) is 31.3. The average molecular weight is 287 g/mol. The quantitative estimate of drug-likeness (QED) is 0.787. The molecule has 1 saturated carbocycles. The SMILES string of the molecule is CC1CCCCC1OCC(O)CNC1CCSCC1. The molecule has 0 spiro atoms. The summed E-state index contributed by atoms with van der Waals surface area (Å²) < 4.78 is 5.90. The van der Waals surface area contributed by atoms with Crippen LogP contribution in [0.15, 0.2) is 0 Å². The fraction of sp³-hybridized carbons (Fsp3) is 1.00. The van der Waals surface area contributed by atoms with Crippen molar-refractivity contribution in [3.05, 3.63) is 0 Å². The van der Waals surface area contributed by atoms with Gasteiger partial charge in [-0.2, -0.15) is 11.8 Å². The fourth-order valence-electron chi connectivity index (χ4n) is 3.03. The van der Waals surface area contributed by atoms with Gasteiger partial charge in [0.1, 0.15) is 0 Å². The van der Waals surface area contributed by atoms with Crippen LogP contribution in [0.5, 0.6) is 0 Å². The number of rotatable bonds is 6. The maximum atomic E-state index is 10.0. The molecule has 1 heterocycles. The number of hydrogen-bond donors (Lipinski definition) is 2. The van der Waals surface area contributed by atoms with E-state index in [1.165, 1.54) is 50.0 Å². The van der Waals surface area contributed by atoms with Gasteiger partial charge in [0, 0.05) is 12.6 Å². The van der Waals surface area contributed by atoms with Crippen LogP contribution in [-0.2, 0) is 4.74 Å². The van der Waals surface area contributed by atoms with E-state index in [1.54, 1.807) is 0 Å². The molecule has 0 radical (unpaired) electrons. The van der Waals surface area contributed by atoms with Crippen molar-refractivity contribution in [2.75, 3.05) is 24.7 Å². The molecule has 0 aromatic rings. The van der Waals surface area contributed by atoms with Gasteiger partial charge in [-0.05, 0) is 43.1 Å². The standard InChI is InChI=1S/C15H29NO2S/c1-12-4-2-3-5-15(12)18-11-14(17)10-16-13-6-8-19-9-7-13/h12-17H,2-11H2,1H3. The second-order valence-electron chi connectivity index (χ2n) is 6.08. The molecule has 2 fully saturated rings. The molecular weight excluding hydrogens is 258 g/mol. The van der Waals surface area contributed by atoms with Crippen LogP contribution in [0.3, 0.4) is 0 Å². The Kier molecular flexibility index (Phi) is 6.99. The Hall–Kier alpha value is 0.230. The topological polar surface area (TPSA) is 41.5 Å². The van der Waals surface area contributed by atoms with E-state index >= 15 is 0 Å². The van der Waals surface area contributed by atoms with Crippen molar-refractivity contribution >= 4 is 11.8 Å². The molecule has 0 aromatic heterocycles. The van der Waals surface area contributed by atoms with E-state index in [0.717, 1.165) is 0 Å². The zero-order chi connectivity index (χ0) is 13.5. The van der Waals surface area contributed by atoms with Crippen LogP contribution in [-0.4, -0.2) is 48.0 Å². The minimum atomic E-state index is -0.358. The maximum absolute atomic E-state index is 10.0. The summed E-state index contributed by atoms with van der Waals surface area (Å²) in [6.45, 7) is 3.44. The predicted molar refractivity (Wildman–Crippen MR) is 81.7 cm³/mol. The first-order valence-electron chi connectivity index (χ1n) is 7.86. The van der Waals surface area contributed by atoms with E-state index in [1.807, 2.05) is 11.8 Å². The van der Waals surface area contributed by atoms with Crippen LogP contribution < -0.4 is 5.32 Å². The molecule has 0 bridgehead atoms. The van der Waals surface area contributed by atoms with Crippen molar-refractivity contribution < 1.29 is 9.84 Å². The van der Waals surface area contributed by atoms with Gasteiger partial charge < -0.3 is 15.2 Å². The fourth-order valence-corrected chi connectivity index (χ4v) is 4.13. The number of hydrogen-bond acceptors (Lipinski definition) is 4. The van der Waals surface area contributed by atoms with Gasteiger partial charge in [-0.25, -0.2) is 0 Å². The van der Waals surface area contributed by atoms with Gasteiger partial charge >= 0.3 is 0 Å². The molecule has 2 N–H and O–H groups in total. The summed E-state index contributed by atoms with van der Waals surface area (Å²) in [5, 5.41) is 13.5. The third-order valence-corrected chi connectivity index (χ3v) is 5.45. The summed E-state index contributed by atoms with van der Waals surface area (Å²) >= 11 is 2.03. The van der Waals surface area contributed by atoms with Crippen molar-refractivity contribution in [1.82, 2.24) is 5.32 Å². The lowest BCUT2D eigenvalue weighted by molar-refractivity contribution is -0.0456. The molecule has 3 nitrogen and oxygen atoms in total. The second kappa shape index (κ2) is 8.50. The Morgan fingerprint density at radius 3 is 2.68 bits per heavy atom. The van der Waals surface area contributed by atoms with Crippen LogP contribution in [0.4, 0.5) is 0 Å². The lowest BCUT2D eigenvalue weighted by Gasteiger charge is -2.30. The molecule has 1 saturated heterocycles. The van der Waals surface area contributed by atoms with Crippen LogP contribution in [0.1, 0.15) is 45.4 Å². The number of aliphatic hydroxyl groups is 1. The van der Waals surface area contributed by atoms with Gasteiger partial charge in [-0.1, -0.05) is 19.8 Å². The summed E-state index contributed by atoms with van der Waals surface area (Å²) in [4.78, 5) is 0. The van der Waals surface area contributed by atoms with E-state index in [9.17, 15) is 5.11 Å². The highest BCUT2D eigenvalue weighted by Crippen LogP contribution is 2.26. The van der Waals surface area contributed by atoms with Gasteiger partial charge in [0.15, 0.2) is 0 Å². The summed E-state index contributed by atoms with van der Waals surface area (Å²) in [5.74, 6) is 3.16. The zero-order valence-corrected chi connectivity index (χ0v) is 13.0. The maximum Gasteiger partial charge on any atom is 0.0897 e. The smallest absolute Gasteiger partial charge is 0.0897 e. The second-order valence-corrected chi connectivity index (χ2v) is 7.31. The van der Waals surface area contributed by atoms with Gasteiger partial charge in [0.05, 0.1) is 18.8 Å². The number of ether oxygens (including phenoxy) is 1. The van der Waals surface area contributed by atoms with Gasteiger partial charge in [-0.3, -0.25) is 0 Å². The molecule has 3 unspecified atom stereocenters. The van der Waals surface area contributed by atoms with Crippen LogP contribution in [0.25, 0.3) is 0 Å². The third-order valence-electron chi connectivity index (χ3n) is 4.40. The highest BCUT2D eigenvalue weighted by atomic mass is 32.2. The summed E-state index contributed by atoms with van der Waals surface area (Å²) in [5.41, 5.74) is 0. The van der Waals surface area contributed by atoms with E-state index in [0.29, 0.717) is 31.2 Å². The molecule has 3 atom stereocenters. The van der Waals surface area contributed by atoms with Crippen molar-refractivity contribution in [3.8, 4) is 0 Å². The predicted octanol–water partition coefficient (Wildman–Crippen LogP) is 2.43. The van der Waals surface area contributed by atoms with E-state index < -0.39 is 0 Å². The third kappa shape index (κ3) is 5.62. The highest BCUT2D eigenvalue weighted by Gasteiger charge is 2.23. The van der Waals surface area contributed by atoms with E-state index in [2.05, 4.69) is 12.2 Å². The Balaban J connectivity index is 1.57. The summed E-state index contributed by atoms with van der Waals surface area (Å²) in [7, 11) is 0. The van der Waals surface area contributed by atoms with E-state index in [4.69, 9.17) is 4.74 Å². The Morgan fingerprint density at radius 2 is 1.95 bits per heavy atom. The lowest BCUT2D eigenvalue weighted by Crippen LogP contribution is -2.40. The largest absolute Gasteiger partial charge is 0.389 e. The molecule has 112 valence electrons. The molecule has 0 aromatic carbocycles. The molecule has 2 rings (SSSR count). The Labute approximate surface area is 121 Å². The van der Waals surface area contributed by atoms with Crippen LogP contribution >= 0.6 is 11.8 Å². The van der Waals surface area contributed by atoms with Crippen molar-refractivity contribution in [2.45, 2.75) is 63.7 Å². The minimum Gasteiger partial charge on any atom is -0.389 e. The molecule has 0 amide bonds. The van der Waals surface area contributed by atoms with Crippen molar-refractivity contribution in [3.63, 3.8) is 0 Å². The zero-order valence-electron chi connectivity index (χ0n) is 12.1. The molecule has 1 aliphatic carbocycles. The Morgan fingerprint density at radius 1 is 1.21 bits per heavy atom. The van der Waals surface area contributed by atoms with Gasteiger partial charge in [-0.15, -0.1) is 0 Å². The molecule has 2 aliphatic rings. The number of aliphatic hydroxyl groups excluding tert-OH is 1. The van der Waals surface area contributed by atoms with Crippen molar-refractivity contribution in [2.24, 2.45) is 5.92 Å². The average Bonchev–Trinajstić information content (AvgIpc) is 2.45. The summed E-state index contributed by atoms with van der Waals surface area (Å²) in [6, 6.07) is 0.601. The highest BCUT2D eigenvalue weighted by molar-refractivity contribution is 7.99. The van der Waals surface area contributed by atoms with Gasteiger partial charge in [0.2, 0.25) is 0 Å². The first kappa shape index (κ1) is 15.6. The first-order chi connectivity index (χ1) is 9.25. The van der Waals surface area contributed by atoms with E-state index in [-0.39, 0.29) is 6.10 Å². The van der Waals surface area contributed by atoms with Crippen LogP contribution in [0, 0.1) is 5.92 Å². The molecule has 4 heteroatoms. The molecule has 19 heavy (non-hydrogen) atoms. The summed E-state index contributed by atoms with van der Waals surface area (Å²) in [6.07, 6.45) is 7.54. The molecular formula is C15H29NO2S. The first-order valence-corrected chi connectivity index (χ1v) is 9.02. The lowest BCUT2D eigenvalue weighted by atomic mass is 9.88. The van der Waals surface area contributed by atoms with Crippen LogP contribution in [0.2, 0.25) is 0 Å². The Bertz CT molecular complexity index is 246. The van der Waals surface area contributed by atoms with Gasteiger partial charge in [0.25, 0.3) is 0 Å². The minimum absolute atomic E-state index is 0.358. The van der Waals surface area contributed by atoms with Crippen molar-refractivity contribution in [1.29, 1.82) is 0 Å². The monoisotopic (exact) mass is 287 g/mol. The number of nitrogens with one attached hydrogen (secondary N) is 1. The molecule has 1 aliphatic heterocycles.